The summed E-state index contributed by atoms with van der Waals surface area (Å²) >= 11 is 6.02. The van der Waals surface area contributed by atoms with Gasteiger partial charge in [0.2, 0.25) is 0 Å². The lowest BCUT2D eigenvalue weighted by Crippen LogP contribution is -2.10. The van der Waals surface area contributed by atoms with E-state index in [2.05, 4.69) is 10.1 Å². The standard InChI is InChI=1S/C17H13ClN4O2/c1-10(2)22-16-12(9-21-22)6-13(8-20-16)17(23)24-15-4-3-11(7-19)5-14(15)18/h3-6,8-10H,1-2H3. The fourth-order valence-corrected chi connectivity index (χ4v) is 2.46. The first kappa shape index (κ1) is 16.0. The van der Waals surface area contributed by atoms with Gasteiger partial charge in [-0.15, -0.1) is 0 Å². The number of carbonyl (C=O) groups excluding carboxylic acids is 1. The Bertz CT molecular complexity index is 972. The first-order valence-corrected chi connectivity index (χ1v) is 7.62. The number of hydrogen-bond acceptors (Lipinski definition) is 5. The minimum atomic E-state index is -0.576. The smallest absolute Gasteiger partial charge is 0.345 e. The Kier molecular flexibility index (Phi) is 4.19. The van der Waals surface area contributed by atoms with Crippen LogP contribution in [0.25, 0.3) is 11.0 Å². The summed E-state index contributed by atoms with van der Waals surface area (Å²) in [5.74, 6) is -0.382. The van der Waals surface area contributed by atoms with E-state index in [1.54, 1.807) is 16.9 Å². The van der Waals surface area contributed by atoms with E-state index in [0.29, 0.717) is 16.8 Å². The number of nitriles is 1. The third-order valence-electron chi connectivity index (χ3n) is 3.42. The van der Waals surface area contributed by atoms with E-state index in [1.165, 1.54) is 24.4 Å². The molecule has 2 heterocycles. The number of hydrogen-bond donors (Lipinski definition) is 0. The van der Waals surface area contributed by atoms with Gasteiger partial charge in [0.25, 0.3) is 0 Å². The van der Waals surface area contributed by atoms with Crippen molar-refractivity contribution in [3.05, 3.63) is 52.8 Å². The van der Waals surface area contributed by atoms with Crippen LogP contribution in [0.15, 0.2) is 36.7 Å². The Hall–Kier alpha value is -2.91. The lowest BCUT2D eigenvalue weighted by Gasteiger charge is -2.08. The van der Waals surface area contributed by atoms with Crippen molar-refractivity contribution in [2.75, 3.05) is 0 Å². The number of halogens is 1. The molecule has 0 unspecified atom stereocenters. The zero-order chi connectivity index (χ0) is 17.3. The van der Waals surface area contributed by atoms with Gasteiger partial charge < -0.3 is 4.74 Å². The first-order chi connectivity index (χ1) is 11.5. The Morgan fingerprint density at radius 2 is 2.12 bits per heavy atom. The van der Waals surface area contributed by atoms with Crippen molar-refractivity contribution in [1.82, 2.24) is 14.8 Å². The van der Waals surface area contributed by atoms with Gasteiger partial charge in [-0.1, -0.05) is 11.6 Å². The van der Waals surface area contributed by atoms with Crippen molar-refractivity contribution in [1.29, 1.82) is 5.26 Å². The lowest BCUT2D eigenvalue weighted by molar-refractivity contribution is 0.0734. The summed E-state index contributed by atoms with van der Waals surface area (Å²) in [4.78, 5) is 16.6. The summed E-state index contributed by atoms with van der Waals surface area (Å²) in [7, 11) is 0. The van der Waals surface area contributed by atoms with Gasteiger partial charge in [0, 0.05) is 17.6 Å². The van der Waals surface area contributed by atoms with Crippen LogP contribution < -0.4 is 4.74 Å². The number of rotatable bonds is 3. The predicted molar refractivity (Wildman–Crippen MR) is 89.0 cm³/mol. The molecule has 0 aliphatic rings. The second-order valence-corrected chi connectivity index (χ2v) is 5.87. The van der Waals surface area contributed by atoms with Crippen LogP contribution in [0.3, 0.4) is 0 Å². The predicted octanol–water partition coefficient (Wildman–Crippen LogP) is 3.76. The zero-order valence-electron chi connectivity index (χ0n) is 13.0. The largest absolute Gasteiger partial charge is 0.421 e. The fraction of sp³-hybridized carbons (Fsp3) is 0.176. The molecular formula is C17H13ClN4O2. The SMILES string of the molecule is CC(C)n1ncc2cc(C(=O)Oc3ccc(C#N)cc3Cl)cnc21. The molecule has 1 aromatic carbocycles. The molecule has 3 aromatic rings. The molecule has 0 fully saturated rings. The molecule has 0 spiro atoms. The van der Waals surface area contributed by atoms with Crippen molar-refractivity contribution in [2.24, 2.45) is 0 Å². The molecule has 120 valence electrons. The van der Waals surface area contributed by atoms with Crippen molar-refractivity contribution in [2.45, 2.75) is 19.9 Å². The number of aromatic nitrogens is 3. The maximum Gasteiger partial charge on any atom is 0.345 e. The average Bonchev–Trinajstić information content (AvgIpc) is 2.99. The number of nitrogens with zero attached hydrogens (tertiary/aromatic N) is 4. The Morgan fingerprint density at radius 1 is 1.33 bits per heavy atom. The molecular weight excluding hydrogens is 328 g/mol. The van der Waals surface area contributed by atoms with Crippen molar-refractivity contribution in [3.8, 4) is 11.8 Å². The van der Waals surface area contributed by atoms with Gasteiger partial charge in [-0.2, -0.15) is 10.4 Å². The van der Waals surface area contributed by atoms with Crippen LogP contribution in [0.4, 0.5) is 0 Å². The molecule has 0 atom stereocenters. The second-order valence-electron chi connectivity index (χ2n) is 5.47. The van der Waals surface area contributed by atoms with E-state index in [1.807, 2.05) is 19.9 Å². The number of pyridine rings is 1. The summed E-state index contributed by atoms with van der Waals surface area (Å²) in [6.45, 7) is 4.01. The van der Waals surface area contributed by atoms with Crippen molar-refractivity contribution < 1.29 is 9.53 Å². The van der Waals surface area contributed by atoms with Crippen molar-refractivity contribution in [3.63, 3.8) is 0 Å². The normalized spacial score (nSPS) is 10.8. The van der Waals surface area contributed by atoms with Gasteiger partial charge in [0.05, 0.1) is 28.4 Å². The van der Waals surface area contributed by atoms with Gasteiger partial charge in [0.15, 0.2) is 5.65 Å². The number of fused-ring (bicyclic) bond motifs is 1. The maximum absolute atomic E-state index is 12.3. The minimum Gasteiger partial charge on any atom is -0.421 e. The zero-order valence-corrected chi connectivity index (χ0v) is 13.8. The van der Waals surface area contributed by atoms with Crippen molar-refractivity contribution >= 4 is 28.6 Å². The molecule has 6 nitrogen and oxygen atoms in total. The van der Waals surface area contributed by atoms with Gasteiger partial charge >= 0.3 is 5.97 Å². The molecule has 0 saturated heterocycles. The lowest BCUT2D eigenvalue weighted by atomic mass is 10.2. The molecule has 0 radical (unpaired) electrons. The summed E-state index contributed by atoms with van der Waals surface area (Å²) in [6.07, 6.45) is 3.11. The van der Waals surface area contributed by atoms with Crippen LogP contribution in [0.2, 0.25) is 5.02 Å². The van der Waals surface area contributed by atoms with Crippen LogP contribution >= 0.6 is 11.6 Å². The van der Waals surface area contributed by atoms with E-state index in [9.17, 15) is 4.79 Å². The monoisotopic (exact) mass is 340 g/mol. The molecule has 0 bridgehead atoms. The summed E-state index contributed by atoms with van der Waals surface area (Å²) in [5.41, 5.74) is 1.40. The van der Waals surface area contributed by atoms with Crippen LogP contribution in [0.5, 0.6) is 5.75 Å². The molecule has 0 amide bonds. The van der Waals surface area contributed by atoms with Gasteiger partial charge in [-0.3, -0.25) is 0 Å². The highest BCUT2D eigenvalue weighted by atomic mass is 35.5. The van der Waals surface area contributed by atoms with Crippen LogP contribution in [0.1, 0.15) is 35.8 Å². The third-order valence-corrected chi connectivity index (χ3v) is 3.72. The Labute approximate surface area is 143 Å². The molecule has 0 N–H and O–H groups in total. The Morgan fingerprint density at radius 3 is 2.79 bits per heavy atom. The molecule has 2 aromatic heterocycles. The Balaban J connectivity index is 1.88. The molecule has 0 aliphatic heterocycles. The van der Waals surface area contributed by atoms with E-state index in [-0.39, 0.29) is 16.8 Å². The summed E-state index contributed by atoms with van der Waals surface area (Å²) < 4.78 is 7.07. The molecule has 0 saturated carbocycles. The molecule has 3 rings (SSSR count). The second kappa shape index (κ2) is 6.30. The van der Waals surface area contributed by atoms with E-state index in [0.717, 1.165) is 5.39 Å². The first-order valence-electron chi connectivity index (χ1n) is 7.24. The molecule has 7 heteroatoms. The highest BCUT2D eigenvalue weighted by Crippen LogP contribution is 2.26. The minimum absolute atomic E-state index is 0.172. The van der Waals surface area contributed by atoms with E-state index in [4.69, 9.17) is 21.6 Å². The maximum atomic E-state index is 12.3. The highest BCUT2D eigenvalue weighted by molar-refractivity contribution is 6.32. The fourth-order valence-electron chi connectivity index (χ4n) is 2.24. The van der Waals surface area contributed by atoms with Gasteiger partial charge in [0.1, 0.15) is 5.75 Å². The summed E-state index contributed by atoms with van der Waals surface area (Å²) in [5, 5.41) is 14.0. The summed E-state index contributed by atoms with van der Waals surface area (Å²) in [6, 6.07) is 8.27. The average molecular weight is 341 g/mol. The number of esters is 1. The van der Waals surface area contributed by atoms with E-state index >= 15 is 0 Å². The third kappa shape index (κ3) is 2.94. The highest BCUT2D eigenvalue weighted by Gasteiger charge is 2.15. The van der Waals surface area contributed by atoms with Crippen LogP contribution in [0, 0.1) is 11.3 Å². The van der Waals surface area contributed by atoms with Crippen LogP contribution in [-0.2, 0) is 0 Å². The topological polar surface area (TPSA) is 80.8 Å². The number of benzene rings is 1. The molecule has 0 aliphatic carbocycles. The number of ether oxygens (including phenoxy) is 1. The van der Waals surface area contributed by atoms with Gasteiger partial charge in [-0.05, 0) is 38.1 Å². The van der Waals surface area contributed by atoms with Crippen LogP contribution in [-0.4, -0.2) is 20.7 Å². The van der Waals surface area contributed by atoms with E-state index < -0.39 is 5.97 Å². The number of carbonyl (C=O) groups is 1. The molecule has 24 heavy (non-hydrogen) atoms. The van der Waals surface area contributed by atoms with Gasteiger partial charge in [-0.25, -0.2) is 14.5 Å². The quantitative estimate of drug-likeness (QED) is 0.535.